The van der Waals surface area contributed by atoms with Crippen molar-refractivity contribution in [2.45, 2.75) is 17.9 Å². The van der Waals surface area contributed by atoms with Gasteiger partial charge in [0.15, 0.2) is 0 Å². The number of carbonyl (C=O) groups excluding carboxylic acids is 1. The summed E-state index contributed by atoms with van der Waals surface area (Å²) in [6, 6.07) is 8.52. The Bertz CT molecular complexity index is 860. The van der Waals surface area contributed by atoms with Crippen LogP contribution in [0.2, 0.25) is 5.02 Å². The minimum atomic E-state index is -3.90. The number of amides is 1. The largest absolute Gasteiger partial charge is 0.322 e. The predicted octanol–water partition coefficient (Wildman–Crippen LogP) is 3.55. The zero-order valence-electron chi connectivity index (χ0n) is 12.4. The van der Waals surface area contributed by atoms with Crippen LogP contribution in [0, 0.1) is 5.82 Å². The summed E-state index contributed by atoms with van der Waals surface area (Å²) in [5, 5.41) is 2.73. The molecule has 0 saturated carbocycles. The molecule has 0 unspecified atom stereocenters. The third-order valence-electron chi connectivity index (χ3n) is 3.04. The first-order chi connectivity index (χ1) is 11.2. The standard InChI is InChI=1S/C15H13BrClFN2O3S/c1-9(15(21)19-14-7-2-10(16)8-13(14)18)20-24(22,23)12-5-3-11(17)4-6-12/h2-9,20H,1H3,(H,19,21)/t9-/m0/s1. The maximum Gasteiger partial charge on any atom is 0.242 e. The third-order valence-corrected chi connectivity index (χ3v) is 5.34. The van der Waals surface area contributed by atoms with Crippen molar-refractivity contribution in [2.75, 3.05) is 5.32 Å². The Kier molecular flexibility index (Phi) is 5.97. The Hall–Kier alpha value is -1.48. The molecule has 0 radical (unpaired) electrons. The molecule has 1 amide bonds. The van der Waals surface area contributed by atoms with Crippen LogP contribution in [-0.2, 0) is 14.8 Å². The fourth-order valence-corrected chi connectivity index (χ4v) is 3.46. The van der Waals surface area contributed by atoms with Gasteiger partial charge in [-0.05, 0) is 49.4 Å². The molecule has 9 heteroatoms. The van der Waals surface area contributed by atoms with E-state index < -0.39 is 27.8 Å². The number of anilines is 1. The van der Waals surface area contributed by atoms with Crippen molar-refractivity contribution in [3.05, 3.63) is 57.8 Å². The van der Waals surface area contributed by atoms with Crippen LogP contribution in [-0.4, -0.2) is 20.4 Å². The second-order valence-electron chi connectivity index (χ2n) is 4.91. The predicted molar refractivity (Wildman–Crippen MR) is 94.0 cm³/mol. The van der Waals surface area contributed by atoms with E-state index in [1.54, 1.807) is 6.07 Å². The zero-order valence-corrected chi connectivity index (χ0v) is 15.5. The molecule has 0 heterocycles. The van der Waals surface area contributed by atoms with E-state index in [9.17, 15) is 17.6 Å². The van der Waals surface area contributed by atoms with Gasteiger partial charge < -0.3 is 5.32 Å². The summed E-state index contributed by atoms with van der Waals surface area (Å²) in [6.07, 6.45) is 0. The van der Waals surface area contributed by atoms with E-state index in [1.807, 2.05) is 0 Å². The summed E-state index contributed by atoms with van der Waals surface area (Å²) >= 11 is 8.82. The Labute approximate surface area is 152 Å². The second-order valence-corrected chi connectivity index (χ2v) is 7.98. The van der Waals surface area contributed by atoms with Gasteiger partial charge in [0.05, 0.1) is 16.6 Å². The van der Waals surface area contributed by atoms with Gasteiger partial charge in [-0.25, -0.2) is 12.8 Å². The van der Waals surface area contributed by atoms with E-state index in [4.69, 9.17) is 11.6 Å². The number of carbonyl (C=O) groups is 1. The van der Waals surface area contributed by atoms with Crippen molar-refractivity contribution in [1.29, 1.82) is 0 Å². The number of nitrogens with one attached hydrogen (secondary N) is 2. The summed E-state index contributed by atoms with van der Waals surface area (Å²) in [6.45, 7) is 1.36. The second kappa shape index (κ2) is 7.60. The molecular formula is C15H13BrClFN2O3S. The molecule has 2 aromatic carbocycles. The minimum absolute atomic E-state index is 0.0265. The molecule has 0 fully saturated rings. The molecule has 24 heavy (non-hydrogen) atoms. The van der Waals surface area contributed by atoms with Crippen LogP contribution in [0.4, 0.5) is 10.1 Å². The van der Waals surface area contributed by atoms with Crippen LogP contribution < -0.4 is 10.0 Å². The summed E-state index contributed by atoms with van der Waals surface area (Å²) in [4.78, 5) is 12.0. The lowest BCUT2D eigenvalue weighted by Crippen LogP contribution is -2.41. The lowest BCUT2D eigenvalue weighted by molar-refractivity contribution is -0.117. The molecule has 0 aliphatic heterocycles. The Morgan fingerprint density at radius 2 is 1.83 bits per heavy atom. The zero-order chi connectivity index (χ0) is 17.9. The molecule has 0 aromatic heterocycles. The molecule has 0 aliphatic carbocycles. The van der Waals surface area contributed by atoms with Crippen LogP contribution in [0.3, 0.4) is 0 Å². The van der Waals surface area contributed by atoms with E-state index in [2.05, 4.69) is 26.0 Å². The first kappa shape index (κ1) is 18.9. The molecule has 0 saturated heterocycles. The van der Waals surface area contributed by atoms with Gasteiger partial charge in [-0.3, -0.25) is 4.79 Å². The minimum Gasteiger partial charge on any atom is -0.322 e. The fraction of sp³-hybridized carbons (Fsp3) is 0.133. The van der Waals surface area contributed by atoms with Gasteiger partial charge in [0, 0.05) is 9.50 Å². The van der Waals surface area contributed by atoms with E-state index in [-0.39, 0.29) is 10.6 Å². The number of rotatable bonds is 5. The number of benzene rings is 2. The van der Waals surface area contributed by atoms with E-state index in [0.717, 1.165) is 0 Å². The van der Waals surface area contributed by atoms with Gasteiger partial charge in [-0.15, -0.1) is 0 Å². The molecule has 0 aliphatic rings. The highest BCUT2D eigenvalue weighted by Crippen LogP contribution is 2.20. The SMILES string of the molecule is C[C@H](NS(=O)(=O)c1ccc(Cl)cc1)C(=O)Nc1ccc(Br)cc1F. The highest BCUT2D eigenvalue weighted by Gasteiger charge is 2.22. The van der Waals surface area contributed by atoms with Crippen LogP contribution in [0.15, 0.2) is 51.8 Å². The molecule has 128 valence electrons. The van der Waals surface area contributed by atoms with Gasteiger partial charge in [0.1, 0.15) is 5.82 Å². The summed E-state index contributed by atoms with van der Waals surface area (Å²) in [5.74, 6) is -1.32. The number of hydrogen-bond acceptors (Lipinski definition) is 3. The molecule has 2 aromatic rings. The third kappa shape index (κ3) is 4.76. The van der Waals surface area contributed by atoms with E-state index >= 15 is 0 Å². The van der Waals surface area contributed by atoms with Crippen molar-refractivity contribution >= 4 is 49.1 Å². The first-order valence-corrected chi connectivity index (χ1v) is 9.38. The molecule has 0 spiro atoms. The molecule has 5 nitrogen and oxygen atoms in total. The fourth-order valence-electron chi connectivity index (χ4n) is 1.80. The first-order valence-electron chi connectivity index (χ1n) is 6.73. The van der Waals surface area contributed by atoms with Crippen molar-refractivity contribution in [2.24, 2.45) is 0 Å². The van der Waals surface area contributed by atoms with Crippen molar-refractivity contribution in [1.82, 2.24) is 4.72 Å². The van der Waals surface area contributed by atoms with Gasteiger partial charge in [-0.2, -0.15) is 4.72 Å². The van der Waals surface area contributed by atoms with Crippen molar-refractivity contribution < 1.29 is 17.6 Å². The van der Waals surface area contributed by atoms with Gasteiger partial charge in [0.25, 0.3) is 0 Å². The highest BCUT2D eigenvalue weighted by molar-refractivity contribution is 9.10. The quantitative estimate of drug-likeness (QED) is 0.754. The maximum atomic E-state index is 13.7. The normalized spacial score (nSPS) is 12.7. The van der Waals surface area contributed by atoms with Crippen LogP contribution >= 0.6 is 27.5 Å². The van der Waals surface area contributed by atoms with Gasteiger partial charge in [-0.1, -0.05) is 27.5 Å². The summed E-state index contributed by atoms with van der Waals surface area (Å²) in [7, 11) is -3.90. The lowest BCUT2D eigenvalue weighted by Gasteiger charge is -2.15. The average molecular weight is 436 g/mol. The number of halogens is 3. The van der Waals surface area contributed by atoms with Crippen molar-refractivity contribution in [3.8, 4) is 0 Å². The monoisotopic (exact) mass is 434 g/mol. The average Bonchev–Trinajstić information content (AvgIpc) is 2.50. The molecule has 0 bridgehead atoms. The highest BCUT2D eigenvalue weighted by atomic mass is 79.9. The van der Waals surface area contributed by atoms with Crippen LogP contribution in [0.25, 0.3) is 0 Å². The lowest BCUT2D eigenvalue weighted by atomic mass is 10.2. The summed E-state index contributed by atoms with van der Waals surface area (Å²) < 4.78 is 40.9. The van der Waals surface area contributed by atoms with Crippen LogP contribution in [0.1, 0.15) is 6.92 Å². The molecule has 1 atom stereocenters. The topological polar surface area (TPSA) is 75.3 Å². The van der Waals surface area contributed by atoms with Gasteiger partial charge in [0.2, 0.25) is 15.9 Å². The van der Waals surface area contributed by atoms with E-state index in [0.29, 0.717) is 9.50 Å². The molecular weight excluding hydrogens is 423 g/mol. The van der Waals surface area contributed by atoms with Gasteiger partial charge >= 0.3 is 0 Å². The Balaban J connectivity index is 2.09. The number of sulfonamides is 1. The van der Waals surface area contributed by atoms with Crippen LogP contribution in [0.5, 0.6) is 0 Å². The number of hydrogen-bond donors (Lipinski definition) is 2. The smallest absolute Gasteiger partial charge is 0.242 e. The molecule has 2 N–H and O–H groups in total. The summed E-state index contributed by atoms with van der Waals surface area (Å²) in [5.41, 5.74) is -0.0410. The van der Waals surface area contributed by atoms with E-state index in [1.165, 1.54) is 43.3 Å². The Morgan fingerprint density at radius 1 is 1.21 bits per heavy atom. The Morgan fingerprint density at radius 3 is 2.42 bits per heavy atom. The molecule has 2 rings (SSSR count). The maximum absolute atomic E-state index is 13.7. The van der Waals surface area contributed by atoms with Crippen molar-refractivity contribution in [3.63, 3.8) is 0 Å².